The van der Waals surface area contributed by atoms with Gasteiger partial charge in [0.25, 0.3) is 0 Å². The van der Waals surface area contributed by atoms with Crippen LogP contribution < -0.4 is 0 Å². The van der Waals surface area contributed by atoms with Crippen LogP contribution in [-0.2, 0) is 0 Å². The molecule has 0 bridgehead atoms. The molecule has 0 aliphatic rings. The Labute approximate surface area is 312 Å². The number of hydrogen-bond donors (Lipinski definition) is 0. The average Bonchev–Trinajstić information content (AvgIpc) is 3.89. The first kappa shape index (κ1) is 31.3. The molecule has 0 aliphatic heterocycles. The Bertz CT molecular complexity index is 2820. The molecule has 0 aliphatic carbocycles. The molecular formula is C48H32N6. The maximum Gasteiger partial charge on any atom is 0.168 e. The molecule has 0 unspecified atom stereocenters. The lowest BCUT2D eigenvalue weighted by Crippen LogP contribution is -2.00. The number of para-hydroxylation sites is 2. The van der Waals surface area contributed by atoms with Crippen LogP contribution >= 0.6 is 0 Å². The summed E-state index contributed by atoms with van der Waals surface area (Å²) in [6, 6.07) is 66.8. The van der Waals surface area contributed by atoms with Gasteiger partial charge in [-0.2, -0.15) is 0 Å². The number of pyridine rings is 1. The fraction of sp³-hybridized carbons (Fsp3) is 0. The smallest absolute Gasteiger partial charge is 0.168 e. The molecule has 6 heteroatoms. The number of fused-ring (bicyclic) bond motifs is 3. The van der Waals surface area contributed by atoms with Crippen molar-refractivity contribution in [3.63, 3.8) is 0 Å². The third kappa shape index (κ3) is 5.45. The van der Waals surface area contributed by atoms with Gasteiger partial charge in [0, 0.05) is 39.0 Å². The highest BCUT2D eigenvalue weighted by atomic mass is 15.3. The van der Waals surface area contributed by atoms with Crippen LogP contribution in [0.3, 0.4) is 0 Å². The second-order valence-electron chi connectivity index (χ2n) is 13.2. The molecule has 10 rings (SSSR count). The predicted molar refractivity (Wildman–Crippen MR) is 218 cm³/mol. The Kier molecular flexibility index (Phi) is 7.69. The molecule has 6 nitrogen and oxygen atoms in total. The van der Waals surface area contributed by atoms with Gasteiger partial charge in [0.1, 0.15) is 16.9 Å². The van der Waals surface area contributed by atoms with Crippen molar-refractivity contribution < 1.29 is 0 Å². The van der Waals surface area contributed by atoms with E-state index < -0.39 is 0 Å². The van der Waals surface area contributed by atoms with Crippen molar-refractivity contribution in [1.82, 2.24) is 29.3 Å². The second kappa shape index (κ2) is 13.3. The number of aromatic nitrogens is 6. The van der Waals surface area contributed by atoms with Crippen molar-refractivity contribution in [1.29, 1.82) is 0 Å². The summed E-state index contributed by atoms with van der Waals surface area (Å²) < 4.78 is 4.39. The van der Waals surface area contributed by atoms with E-state index >= 15 is 0 Å². The Hall–Kier alpha value is -7.44. The summed E-state index contributed by atoms with van der Waals surface area (Å²) in [6.45, 7) is 0. The normalized spacial score (nSPS) is 11.3. The van der Waals surface area contributed by atoms with Gasteiger partial charge < -0.3 is 0 Å². The highest BCUT2D eigenvalue weighted by Gasteiger charge is 2.22. The summed E-state index contributed by atoms with van der Waals surface area (Å²) in [6.07, 6.45) is 0. The van der Waals surface area contributed by atoms with Gasteiger partial charge in [-0.1, -0.05) is 164 Å². The second-order valence-corrected chi connectivity index (χ2v) is 13.2. The zero-order valence-corrected chi connectivity index (χ0v) is 29.2. The van der Waals surface area contributed by atoms with Gasteiger partial charge in [-0.05, 0) is 41.5 Å². The molecule has 0 saturated heterocycles. The molecule has 254 valence electrons. The average molecular weight is 693 g/mol. The molecule has 3 aromatic heterocycles. The molecule has 0 saturated carbocycles. The van der Waals surface area contributed by atoms with E-state index in [4.69, 9.17) is 9.97 Å². The highest BCUT2D eigenvalue weighted by Crippen LogP contribution is 2.38. The Balaban J connectivity index is 1.07. The lowest BCUT2D eigenvalue weighted by molar-refractivity contribution is 1.07. The summed E-state index contributed by atoms with van der Waals surface area (Å²) in [7, 11) is 0. The zero-order chi connectivity index (χ0) is 35.8. The van der Waals surface area contributed by atoms with Gasteiger partial charge in [0.2, 0.25) is 0 Å². The summed E-state index contributed by atoms with van der Waals surface area (Å²) >= 11 is 0. The quantitative estimate of drug-likeness (QED) is 0.167. The van der Waals surface area contributed by atoms with E-state index in [1.165, 1.54) is 0 Å². The van der Waals surface area contributed by atoms with Crippen LogP contribution in [0.15, 0.2) is 194 Å². The minimum absolute atomic E-state index is 0.797. The van der Waals surface area contributed by atoms with Gasteiger partial charge >= 0.3 is 0 Å². The van der Waals surface area contributed by atoms with E-state index in [-0.39, 0.29) is 0 Å². The number of hydrogen-bond acceptors (Lipinski definition) is 4. The third-order valence-corrected chi connectivity index (χ3v) is 9.88. The van der Waals surface area contributed by atoms with Gasteiger partial charge in [0.05, 0.1) is 11.2 Å². The van der Waals surface area contributed by atoms with Crippen LogP contribution in [0.2, 0.25) is 0 Å². The van der Waals surface area contributed by atoms with Crippen molar-refractivity contribution in [2.75, 3.05) is 0 Å². The van der Waals surface area contributed by atoms with E-state index in [9.17, 15) is 0 Å². The van der Waals surface area contributed by atoms with E-state index in [1.807, 2.05) is 54.6 Å². The molecule has 0 spiro atoms. The molecule has 0 fully saturated rings. The highest BCUT2D eigenvalue weighted by molar-refractivity contribution is 6.09. The number of imidazole rings is 1. The molecule has 0 atom stereocenters. The van der Waals surface area contributed by atoms with Gasteiger partial charge in [0.15, 0.2) is 11.6 Å². The van der Waals surface area contributed by atoms with Crippen molar-refractivity contribution in [3.8, 4) is 67.9 Å². The van der Waals surface area contributed by atoms with Crippen molar-refractivity contribution in [3.05, 3.63) is 194 Å². The monoisotopic (exact) mass is 692 g/mol. The van der Waals surface area contributed by atoms with Gasteiger partial charge in [-0.15, -0.1) is 10.2 Å². The minimum Gasteiger partial charge on any atom is -0.290 e. The molecule has 10 aromatic rings. The van der Waals surface area contributed by atoms with E-state index in [1.54, 1.807) is 0 Å². The number of nitrogens with zero attached hydrogens (tertiary/aromatic N) is 6. The Morgan fingerprint density at radius 3 is 1.35 bits per heavy atom. The maximum atomic E-state index is 5.39. The first-order valence-electron chi connectivity index (χ1n) is 18.0. The van der Waals surface area contributed by atoms with Crippen LogP contribution in [0, 0.1) is 0 Å². The number of rotatable bonds is 7. The van der Waals surface area contributed by atoms with Crippen molar-refractivity contribution >= 4 is 21.9 Å². The molecule has 54 heavy (non-hydrogen) atoms. The minimum atomic E-state index is 0.797. The molecule has 0 N–H and O–H groups in total. The Morgan fingerprint density at radius 2 is 0.759 bits per heavy atom. The Morgan fingerprint density at radius 1 is 0.315 bits per heavy atom. The zero-order valence-electron chi connectivity index (χ0n) is 29.2. The van der Waals surface area contributed by atoms with Crippen LogP contribution in [0.4, 0.5) is 0 Å². The predicted octanol–water partition coefficient (Wildman–Crippen LogP) is 11.5. The summed E-state index contributed by atoms with van der Waals surface area (Å²) in [5.74, 6) is 2.46. The first-order chi connectivity index (χ1) is 26.8. The van der Waals surface area contributed by atoms with Crippen LogP contribution in [0.1, 0.15) is 0 Å². The van der Waals surface area contributed by atoms with E-state index in [0.717, 1.165) is 89.9 Å². The van der Waals surface area contributed by atoms with Crippen LogP contribution in [0.25, 0.3) is 89.9 Å². The standard InChI is InChI=1S/C48H32N6/c1-5-15-35(16-6-1)43-45-44(41-23-13-14-24-42(41)49-43)50-46(53(45)39-21-11-4-12-22-39)38-27-25-33(26-28-38)34-29-31-40(32-30-34)54-47(36-17-7-2-8-18-36)51-52-48(54)37-19-9-3-10-20-37/h1-32H. The maximum absolute atomic E-state index is 5.39. The summed E-state index contributed by atoms with van der Waals surface area (Å²) in [5.41, 5.74) is 12.1. The van der Waals surface area contributed by atoms with Gasteiger partial charge in [-0.25, -0.2) is 9.97 Å². The lowest BCUT2D eigenvalue weighted by Gasteiger charge is -2.13. The summed E-state index contributed by atoms with van der Waals surface area (Å²) in [5, 5.41) is 10.3. The van der Waals surface area contributed by atoms with Gasteiger partial charge in [-0.3, -0.25) is 9.13 Å². The van der Waals surface area contributed by atoms with E-state index in [2.05, 4.69) is 159 Å². The molecule has 3 heterocycles. The van der Waals surface area contributed by atoms with Crippen molar-refractivity contribution in [2.45, 2.75) is 0 Å². The van der Waals surface area contributed by atoms with Crippen LogP contribution in [0.5, 0.6) is 0 Å². The molecule has 0 radical (unpaired) electrons. The fourth-order valence-corrected chi connectivity index (χ4v) is 7.28. The SMILES string of the molecule is c1ccc(-c2nc3ccccc3c3nc(-c4ccc(-c5ccc(-n6c(-c7ccccc7)nnc6-c6ccccc6)cc5)cc4)n(-c4ccccc4)c23)cc1. The lowest BCUT2D eigenvalue weighted by atomic mass is 10.0. The first-order valence-corrected chi connectivity index (χ1v) is 18.0. The largest absolute Gasteiger partial charge is 0.290 e. The molecule has 7 aromatic carbocycles. The fourth-order valence-electron chi connectivity index (χ4n) is 7.28. The number of benzene rings is 7. The molecule has 0 amide bonds. The van der Waals surface area contributed by atoms with Crippen LogP contribution in [-0.4, -0.2) is 29.3 Å². The summed E-state index contributed by atoms with van der Waals surface area (Å²) in [4.78, 5) is 10.6. The third-order valence-electron chi connectivity index (χ3n) is 9.88. The van der Waals surface area contributed by atoms with Crippen molar-refractivity contribution in [2.24, 2.45) is 0 Å². The molecular weight excluding hydrogens is 661 g/mol. The van der Waals surface area contributed by atoms with E-state index in [0.29, 0.717) is 0 Å². The topological polar surface area (TPSA) is 61.4 Å².